The zero-order chi connectivity index (χ0) is 18.8. The standard InChI is InChI=1S/C16H19Cl2O6P/c1-9(2)12-5-10(3-4-15(12)19)24-16-13(17)6-11(7-14(16)18)23-8-25(20,21)22/h5-7,9,19H,3-4,8H2,1-2H3,(H2,20,21,22). The largest absolute Gasteiger partial charge is 0.512 e. The molecule has 0 spiro atoms. The van der Waals surface area contributed by atoms with E-state index < -0.39 is 13.9 Å². The van der Waals surface area contributed by atoms with E-state index in [-0.39, 0.29) is 27.5 Å². The molecule has 3 N–H and O–H groups in total. The highest BCUT2D eigenvalue weighted by Gasteiger charge is 2.20. The van der Waals surface area contributed by atoms with Crippen LogP contribution in [0.2, 0.25) is 10.0 Å². The highest BCUT2D eigenvalue weighted by atomic mass is 35.5. The van der Waals surface area contributed by atoms with Gasteiger partial charge in [0, 0.05) is 25.0 Å². The minimum Gasteiger partial charge on any atom is -0.512 e. The average molecular weight is 409 g/mol. The third kappa shape index (κ3) is 5.66. The van der Waals surface area contributed by atoms with E-state index in [2.05, 4.69) is 0 Å². The van der Waals surface area contributed by atoms with Gasteiger partial charge in [0.25, 0.3) is 0 Å². The summed E-state index contributed by atoms with van der Waals surface area (Å²) in [7, 11) is -4.30. The van der Waals surface area contributed by atoms with E-state index in [1.54, 1.807) is 6.08 Å². The van der Waals surface area contributed by atoms with Crippen molar-refractivity contribution in [2.45, 2.75) is 26.7 Å². The molecule has 2 rings (SSSR count). The first-order chi connectivity index (χ1) is 11.6. The minimum absolute atomic E-state index is 0.128. The Hall–Kier alpha value is -1.17. The lowest BCUT2D eigenvalue weighted by Crippen LogP contribution is -2.08. The first-order valence-corrected chi connectivity index (χ1v) is 10.1. The van der Waals surface area contributed by atoms with Crippen molar-refractivity contribution in [3.63, 3.8) is 0 Å². The zero-order valence-electron chi connectivity index (χ0n) is 13.7. The first kappa shape index (κ1) is 20.1. The lowest BCUT2D eigenvalue weighted by molar-refractivity contribution is 0.300. The maximum Gasteiger partial charge on any atom is 0.362 e. The van der Waals surface area contributed by atoms with Gasteiger partial charge in [-0.3, -0.25) is 4.57 Å². The van der Waals surface area contributed by atoms with E-state index in [4.69, 9.17) is 42.5 Å². The van der Waals surface area contributed by atoms with Gasteiger partial charge in [-0.15, -0.1) is 0 Å². The quantitative estimate of drug-likeness (QED) is 0.571. The predicted octanol–water partition coefficient (Wildman–Crippen LogP) is 5.03. The second kappa shape index (κ2) is 8.02. The van der Waals surface area contributed by atoms with Crippen LogP contribution < -0.4 is 9.47 Å². The average Bonchev–Trinajstić information content (AvgIpc) is 2.49. The van der Waals surface area contributed by atoms with E-state index in [0.717, 1.165) is 5.57 Å². The van der Waals surface area contributed by atoms with E-state index in [1.807, 2.05) is 13.8 Å². The van der Waals surface area contributed by atoms with Crippen molar-refractivity contribution in [1.29, 1.82) is 0 Å². The predicted molar refractivity (Wildman–Crippen MR) is 96.4 cm³/mol. The number of halogens is 2. The van der Waals surface area contributed by atoms with Gasteiger partial charge < -0.3 is 24.4 Å². The normalized spacial score (nSPS) is 15.4. The maximum absolute atomic E-state index is 10.9. The molecule has 138 valence electrons. The maximum atomic E-state index is 10.9. The Morgan fingerprint density at radius 3 is 2.32 bits per heavy atom. The molecule has 0 aliphatic heterocycles. The molecular formula is C16H19Cl2O6P. The molecule has 0 aromatic heterocycles. The topological polar surface area (TPSA) is 96.2 Å². The molecule has 0 radical (unpaired) electrons. The summed E-state index contributed by atoms with van der Waals surface area (Å²) >= 11 is 12.3. The minimum atomic E-state index is -4.30. The number of benzene rings is 1. The SMILES string of the molecule is CC(C)C1=C(O)CCC(Oc2c(Cl)cc(OCP(=O)(O)O)cc2Cl)=C1. The molecule has 9 heteroatoms. The molecule has 0 amide bonds. The molecule has 6 nitrogen and oxygen atoms in total. The first-order valence-electron chi connectivity index (χ1n) is 7.53. The van der Waals surface area contributed by atoms with Crippen LogP contribution in [-0.2, 0) is 4.57 Å². The van der Waals surface area contributed by atoms with Crippen molar-refractivity contribution in [2.24, 2.45) is 5.92 Å². The summed E-state index contributed by atoms with van der Waals surface area (Å²) in [5.74, 6) is 1.47. The number of rotatable bonds is 6. The second-order valence-corrected chi connectivity index (χ2v) is 8.33. The van der Waals surface area contributed by atoms with Crippen molar-refractivity contribution in [3.05, 3.63) is 45.3 Å². The van der Waals surface area contributed by atoms with Gasteiger partial charge >= 0.3 is 7.60 Å². The van der Waals surface area contributed by atoms with Crippen LogP contribution in [0.25, 0.3) is 0 Å². The fourth-order valence-corrected chi connectivity index (χ4v) is 3.16. The van der Waals surface area contributed by atoms with Gasteiger partial charge in [-0.1, -0.05) is 37.0 Å². The molecule has 0 fully saturated rings. The molecule has 1 aliphatic carbocycles. The Bertz CT molecular complexity index is 743. The van der Waals surface area contributed by atoms with Gasteiger partial charge in [0.05, 0.1) is 15.8 Å². The third-order valence-corrected chi connectivity index (χ3v) is 4.51. The molecule has 1 aromatic rings. The van der Waals surface area contributed by atoms with Gasteiger partial charge in [-0.25, -0.2) is 0 Å². The molecule has 0 saturated carbocycles. The van der Waals surface area contributed by atoms with Crippen LogP contribution in [-0.4, -0.2) is 21.2 Å². The Morgan fingerprint density at radius 2 is 1.80 bits per heavy atom. The fraction of sp³-hybridized carbons (Fsp3) is 0.375. The summed E-state index contributed by atoms with van der Waals surface area (Å²) in [6.45, 7) is 3.94. The Kier molecular flexibility index (Phi) is 6.46. The van der Waals surface area contributed by atoms with E-state index in [1.165, 1.54) is 12.1 Å². The van der Waals surface area contributed by atoms with Gasteiger partial charge in [0.1, 0.15) is 11.5 Å². The van der Waals surface area contributed by atoms with Crippen LogP contribution in [0.5, 0.6) is 11.5 Å². The summed E-state index contributed by atoms with van der Waals surface area (Å²) in [5, 5.41) is 10.2. The third-order valence-electron chi connectivity index (χ3n) is 3.48. The monoisotopic (exact) mass is 408 g/mol. The molecule has 1 aromatic carbocycles. The van der Waals surface area contributed by atoms with Crippen molar-refractivity contribution >= 4 is 30.8 Å². The summed E-state index contributed by atoms with van der Waals surface area (Å²) in [6, 6.07) is 2.75. The number of aliphatic hydroxyl groups is 1. The van der Waals surface area contributed by atoms with Crippen molar-refractivity contribution in [1.82, 2.24) is 0 Å². The van der Waals surface area contributed by atoms with E-state index in [9.17, 15) is 9.67 Å². The van der Waals surface area contributed by atoms with E-state index in [0.29, 0.717) is 24.4 Å². The van der Waals surface area contributed by atoms with Crippen LogP contribution in [0.3, 0.4) is 0 Å². The number of allylic oxidation sites excluding steroid dienone is 4. The smallest absolute Gasteiger partial charge is 0.362 e. The summed E-state index contributed by atoms with van der Waals surface area (Å²) in [5.41, 5.74) is 0.801. The van der Waals surface area contributed by atoms with Crippen molar-refractivity contribution in [2.75, 3.05) is 6.35 Å². The molecule has 25 heavy (non-hydrogen) atoms. The molecule has 0 saturated heterocycles. The van der Waals surface area contributed by atoms with Gasteiger partial charge in [-0.05, 0) is 17.6 Å². The van der Waals surface area contributed by atoms with Crippen LogP contribution in [0.4, 0.5) is 0 Å². The second-order valence-electron chi connectivity index (χ2n) is 5.92. The number of ether oxygens (including phenoxy) is 2. The molecular weight excluding hydrogens is 390 g/mol. The van der Waals surface area contributed by atoms with Crippen LogP contribution in [0.15, 0.2) is 35.3 Å². The van der Waals surface area contributed by atoms with E-state index >= 15 is 0 Å². The Labute approximate surface area is 155 Å². The van der Waals surface area contributed by atoms with Crippen LogP contribution in [0.1, 0.15) is 26.7 Å². The van der Waals surface area contributed by atoms with Crippen molar-refractivity contribution in [3.8, 4) is 11.5 Å². The summed E-state index contributed by atoms with van der Waals surface area (Å²) in [4.78, 5) is 17.7. The molecule has 0 heterocycles. The van der Waals surface area contributed by atoms with Crippen molar-refractivity contribution < 1.29 is 28.9 Å². The summed E-state index contributed by atoms with van der Waals surface area (Å²) < 4.78 is 21.6. The van der Waals surface area contributed by atoms with Crippen LogP contribution in [0, 0.1) is 5.92 Å². The molecule has 0 atom stereocenters. The molecule has 0 bridgehead atoms. The number of hydrogen-bond donors (Lipinski definition) is 3. The number of aliphatic hydroxyl groups excluding tert-OH is 1. The highest BCUT2D eigenvalue weighted by molar-refractivity contribution is 7.51. The van der Waals surface area contributed by atoms with Gasteiger partial charge in [-0.2, -0.15) is 0 Å². The van der Waals surface area contributed by atoms with Gasteiger partial charge in [0.2, 0.25) is 0 Å². The Balaban J connectivity index is 2.21. The van der Waals surface area contributed by atoms with Crippen LogP contribution >= 0.6 is 30.8 Å². The highest BCUT2D eigenvalue weighted by Crippen LogP contribution is 2.41. The Morgan fingerprint density at radius 1 is 1.20 bits per heavy atom. The molecule has 1 aliphatic rings. The number of hydrogen-bond acceptors (Lipinski definition) is 4. The zero-order valence-corrected chi connectivity index (χ0v) is 16.1. The lowest BCUT2D eigenvalue weighted by atomic mass is 9.94. The lowest BCUT2D eigenvalue weighted by Gasteiger charge is -2.20. The summed E-state index contributed by atoms with van der Waals surface area (Å²) in [6.07, 6.45) is 1.98. The fourth-order valence-electron chi connectivity index (χ4n) is 2.30. The van der Waals surface area contributed by atoms with Gasteiger partial charge in [0.15, 0.2) is 12.1 Å². The molecule has 0 unspecified atom stereocenters.